The molecule has 0 aliphatic carbocycles. The molecular formula is C18H21BF2O4. The van der Waals surface area contributed by atoms with Crippen LogP contribution in [0.3, 0.4) is 0 Å². The minimum absolute atomic E-state index is 0.0945. The number of hydrogen-bond acceptors (Lipinski definition) is 4. The van der Waals surface area contributed by atoms with Crippen LogP contribution in [0.5, 0.6) is 23.0 Å². The van der Waals surface area contributed by atoms with Crippen molar-refractivity contribution in [2.75, 3.05) is 0 Å². The van der Waals surface area contributed by atoms with Gasteiger partial charge in [-0.25, -0.2) is 8.78 Å². The van der Waals surface area contributed by atoms with Crippen molar-refractivity contribution < 1.29 is 27.6 Å². The second kappa shape index (κ2) is 8.60. The van der Waals surface area contributed by atoms with Crippen LogP contribution >= 0.6 is 0 Å². The van der Waals surface area contributed by atoms with Gasteiger partial charge >= 0.3 is 7.69 Å². The molecule has 25 heavy (non-hydrogen) atoms. The fourth-order valence-corrected chi connectivity index (χ4v) is 2.05. The van der Waals surface area contributed by atoms with Crippen LogP contribution < -0.4 is 18.8 Å². The molecule has 0 heterocycles. The van der Waals surface area contributed by atoms with Crippen LogP contribution in [0.1, 0.15) is 27.7 Å². The van der Waals surface area contributed by atoms with Gasteiger partial charge in [0.25, 0.3) is 0 Å². The molecule has 134 valence electrons. The van der Waals surface area contributed by atoms with Crippen LogP contribution in [0, 0.1) is 11.6 Å². The fourth-order valence-electron chi connectivity index (χ4n) is 2.05. The molecule has 0 spiro atoms. The Balaban J connectivity index is 2.08. The van der Waals surface area contributed by atoms with Gasteiger partial charge in [-0.05, 0) is 52.0 Å². The third kappa shape index (κ3) is 5.85. The minimum Gasteiger partial charge on any atom is -0.526 e. The SMILES string of the molecule is CC(C)Oc1ccc(F)cc1OBOc1cc(F)ccc1OC(C)C. The van der Waals surface area contributed by atoms with Crippen LogP contribution in [0.25, 0.3) is 0 Å². The maximum Gasteiger partial charge on any atom is 0.576 e. The molecule has 0 N–H and O–H groups in total. The smallest absolute Gasteiger partial charge is 0.526 e. The zero-order chi connectivity index (χ0) is 18.4. The van der Waals surface area contributed by atoms with E-state index in [-0.39, 0.29) is 31.4 Å². The monoisotopic (exact) mass is 350 g/mol. The summed E-state index contributed by atoms with van der Waals surface area (Å²) in [5.41, 5.74) is 0. The second-order valence-electron chi connectivity index (χ2n) is 5.92. The van der Waals surface area contributed by atoms with Crippen molar-refractivity contribution in [3.05, 3.63) is 48.0 Å². The standard InChI is InChI=1S/C18H21BF2O4/c1-11(2)22-15-7-5-13(20)9-17(15)24-19-25-18-10-14(21)6-8-16(18)23-12(3)4/h5-12,19H,1-4H3. The van der Waals surface area contributed by atoms with Crippen molar-refractivity contribution in [3.8, 4) is 23.0 Å². The molecule has 0 unspecified atom stereocenters. The topological polar surface area (TPSA) is 36.9 Å². The predicted molar refractivity (Wildman–Crippen MR) is 92.7 cm³/mol. The molecule has 7 heteroatoms. The van der Waals surface area contributed by atoms with Gasteiger partial charge in [-0.1, -0.05) is 0 Å². The molecule has 0 aliphatic heterocycles. The molecule has 0 amide bonds. The normalized spacial score (nSPS) is 10.7. The van der Waals surface area contributed by atoms with E-state index >= 15 is 0 Å². The number of halogens is 2. The van der Waals surface area contributed by atoms with Gasteiger partial charge in [-0.3, -0.25) is 0 Å². The Morgan fingerprint density at radius 3 is 1.44 bits per heavy atom. The van der Waals surface area contributed by atoms with E-state index in [9.17, 15) is 8.78 Å². The highest BCUT2D eigenvalue weighted by Gasteiger charge is 2.13. The van der Waals surface area contributed by atoms with Gasteiger partial charge < -0.3 is 18.8 Å². The molecule has 0 saturated carbocycles. The van der Waals surface area contributed by atoms with Gasteiger partial charge in [0.1, 0.15) is 23.1 Å². The van der Waals surface area contributed by atoms with E-state index in [0.717, 1.165) is 0 Å². The number of ether oxygens (including phenoxy) is 2. The zero-order valence-corrected chi connectivity index (χ0v) is 14.7. The quantitative estimate of drug-likeness (QED) is 0.667. The highest BCUT2D eigenvalue weighted by Crippen LogP contribution is 2.31. The Kier molecular flexibility index (Phi) is 6.50. The molecule has 2 aromatic rings. The predicted octanol–water partition coefficient (Wildman–Crippen LogP) is 4.26. The van der Waals surface area contributed by atoms with Gasteiger partial charge in [0, 0.05) is 12.1 Å². The van der Waals surface area contributed by atoms with Crippen molar-refractivity contribution in [3.63, 3.8) is 0 Å². The Hall–Kier alpha value is -2.44. The highest BCUT2D eigenvalue weighted by molar-refractivity contribution is 6.21. The van der Waals surface area contributed by atoms with E-state index in [1.807, 2.05) is 27.7 Å². The molecule has 0 radical (unpaired) electrons. The molecule has 2 rings (SSSR count). The first-order chi connectivity index (χ1) is 11.8. The number of hydrogen-bond donors (Lipinski definition) is 0. The lowest BCUT2D eigenvalue weighted by Crippen LogP contribution is -2.15. The average molecular weight is 350 g/mol. The molecule has 4 nitrogen and oxygen atoms in total. The Bertz CT molecular complexity index is 648. The first kappa shape index (κ1) is 18.9. The molecule has 0 bridgehead atoms. The molecule has 0 fully saturated rings. The summed E-state index contributed by atoms with van der Waals surface area (Å²) in [5, 5.41) is 0. The van der Waals surface area contributed by atoms with Gasteiger partial charge in [-0.2, -0.15) is 0 Å². The van der Waals surface area contributed by atoms with E-state index in [1.165, 1.54) is 36.4 Å². The van der Waals surface area contributed by atoms with Crippen LogP contribution in [-0.4, -0.2) is 19.9 Å². The van der Waals surface area contributed by atoms with Crippen molar-refractivity contribution >= 4 is 7.69 Å². The summed E-state index contributed by atoms with van der Waals surface area (Å²) in [4.78, 5) is 0. The first-order valence-electron chi connectivity index (χ1n) is 8.03. The lowest BCUT2D eigenvalue weighted by Gasteiger charge is -2.17. The largest absolute Gasteiger partial charge is 0.576 e. The number of benzene rings is 2. The van der Waals surface area contributed by atoms with Crippen molar-refractivity contribution in [2.24, 2.45) is 0 Å². The first-order valence-corrected chi connectivity index (χ1v) is 8.03. The summed E-state index contributed by atoms with van der Waals surface area (Å²) in [6, 6.07) is 7.95. The number of rotatable bonds is 8. The molecular weight excluding hydrogens is 329 g/mol. The maximum absolute atomic E-state index is 13.4. The van der Waals surface area contributed by atoms with Crippen LogP contribution in [0.2, 0.25) is 0 Å². The van der Waals surface area contributed by atoms with Gasteiger partial charge in [-0.15, -0.1) is 0 Å². The molecule has 0 aromatic heterocycles. The highest BCUT2D eigenvalue weighted by atomic mass is 19.1. The van der Waals surface area contributed by atoms with Crippen LogP contribution in [-0.2, 0) is 0 Å². The summed E-state index contributed by atoms with van der Waals surface area (Å²) in [5.74, 6) is 0.296. The van der Waals surface area contributed by atoms with E-state index in [1.54, 1.807) is 0 Å². The van der Waals surface area contributed by atoms with Crippen LogP contribution in [0.15, 0.2) is 36.4 Å². The molecule has 0 saturated heterocycles. The van der Waals surface area contributed by atoms with E-state index in [2.05, 4.69) is 0 Å². The fraction of sp³-hybridized carbons (Fsp3) is 0.333. The van der Waals surface area contributed by atoms with Gasteiger partial charge in [0.15, 0.2) is 11.5 Å². The molecule has 2 aromatic carbocycles. The third-order valence-corrected chi connectivity index (χ3v) is 2.97. The summed E-state index contributed by atoms with van der Waals surface area (Å²) < 4.78 is 48.9. The minimum atomic E-state index is -0.458. The van der Waals surface area contributed by atoms with Crippen molar-refractivity contribution in [1.29, 1.82) is 0 Å². The Morgan fingerprint density at radius 2 is 1.08 bits per heavy atom. The van der Waals surface area contributed by atoms with Crippen molar-refractivity contribution in [1.82, 2.24) is 0 Å². The van der Waals surface area contributed by atoms with Gasteiger partial charge in [0.2, 0.25) is 0 Å². The Labute approximate surface area is 147 Å². The molecule has 0 atom stereocenters. The van der Waals surface area contributed by atoms with Gasteiger partial charge in [0.05, 0.1) is 12.2 Å². The second-order valence-corrected chi connectivity index (χ2v) is 5.92. The summed E-state index contributed by atoms with van der Waals surface area (Å²) in [6.45, 7) is 7.41. The van der Waals surface area contributed by atoms with E-state index < -0.39 is 11.6 Å². The summed E-state index contributed by atoms with van der Waals surface area (Å²) >= 11 is 0. The summed E-state index contributed by atoms with van der Waals surface area (Å²) in [6.07, 6.45) is -0.189. The lowest BCUT2D eigenvalue weighted by atomic mass is 10.2. The zero-order valence-electron chi connectivity index (χ0n) is 14.7. The molecule has 0 aliphatic rings. The van der Waals surface area contributed by atoms with E-state index in [4.69, 9.17) is 18.8 Å². The van der Waals surface area contributed by atoms with Crippen molar-refractivity contribution in [2.45, 2.75) is 39.9 Å². The average Bonchev–Trinajstić information content (AvgIpc) is 2.51. The summed E-state index contributed by atoms with van der Waals surface area (Å²) in [7, 11) is -0.254. The maximum atomic E-state index is 13.4. The Morgan fingerprint density at radius 1 is 0.680 bits per heavy atom. The lowest BCUT2D eigenvalue weighted by molar-refractivity contribution is 0.231. The van der Waals surface area contributed by atoms with Crippen LogP contribution in [0.4, 0.5) is 8.78 Å². The van der Waals surface area contributed by atoms with E-state index in [0.29, 0.717) is 11.5 Å². The third-order valence-electron chi connectivity index (χ3n) is 2.97.